The number of rotatable bonds is 6. The number of esters is 2. The van der Waals surface area contributed by atoms with Crippen molar-refractivity contribution in [3.63, 3.8) is 0 Å². The van der Waals surface area contributed by atoms with Crippen LogP contribution in [-0.4, -0.2) is 67.4 Å². The molecule has 2 atom stereocenters. The molecule has 35 heavy (non-hydrogen) atoms. The molecular weight excluding hydrogens is 448 g/mol. The second-order valence-electron chi connectivity index (χ2n) is 9.90. The lowest BCUT2D eigenvalue weighted by molar-refractivity contribution is -0.153. The van der Waals surface area contributed by atoms with Crippen LogP contribution in [0, 0.1) is 0 Å². The lowest BCUT2D eigenvalue weighted by Gasteiger charge is -2.23. The van der Waals surface area contributed by atoms with Crippen LogP contribution in [0.2, 0.25) is 0 Å². The van der Waals surface area contributed by atoms with Gasteiger partial charge in [0, 0.05) is 18.5 Å². The molecule has 4 rings (SSSR count). The lowest BCUT2D eigenvalue weighted by atomic mass is 9.98. The Morgan fingerprint density at radius 1 is 1.00 bits per heavy atom. The van der Waals surface area contributed by atoms with Gasteiger partial charge in [0.05, 0.1) is 13.7 Å². The van der Waals surface area contributed by atoms with Gasteiger partial charge in [-0.3, -0.25) is 9.69 Å². The lowest BCUT2D eigenvalue weighted by Crippen LogP contribution is -2.42. The summed E-state index contributed by atoms with van der Waals surface area (Å²) >= 11 is 0. The van der Waals surface area contributed by atoms with Crippen LogP contribution < -0.4 is 5.32 Å². The number of carbonyl (C=O) groups excluding carboxylic acids is 3. The first-order valence-corrected chi connectivity index (χ1v) is 11.8. The molecule has 0 radical (unpaired) electrons. The fourth-order valence-corrected chi connectivity index (χ4v) is 4.83. The number of amides is 1. The highest BCUT2D eigenvalue weighted by molar-refractivity contribution is 5.83. The van der Waals surface area contributed by atoms with Crippen molar-refractivity contribution in [1.82, 2.24) is 10.2 Å². The maximum absolute atomic E-state index is 13.1. The van der Waals surface area contributed by atoms with Crippen molar-refractivity contribution in [2.75, 3.05) is 26.8 Å². The van der Waals surface area contributed by atoms with Crippen molar-refractivity contribution >= 4 is 18.0 Å². The molecule has 0 unspecified atom stereocenters. The molecule has 1 N–H and O–H groups in total. The zero-order valence-corrected chi connectivity index (χ0v) is 20.6. The molecule has 1 saturated heterocycles. The molecule has 2 aromatic rings. The summed E-state index contributed by atoms with van der Waals surface area (Å²) in [5, 5.41) is 3.09. The van der Waals surface area contributed by atoms with Crippen molar-refractivity contribution in [2.45, 2.75) is 50.8 Å². The van der Waals surface area contributed by atoms with Gasteiger partial charge in [-0.25, -0.2) is 9.59 Å². The molecule has 1 aliphatic heterocycles. The molecule has 1 amide bonds. The summed E-state index contributed by atoms with van der Waals surface area (Å²) in [6.07, 6.45) is -0.261. The van der Waals surface area contributed by atoms with Gasteiger partial charge in [0.1, 0.15) is 18.2 Å². The molecule has 2 aromatic carbocycles. The van der Waals surface area contributed by atoms with E-state index in [1.165, 1.54) is 12.0 Å². The van der Waals surface area contributed by atoms with Crippen molar-refractivity contribution in [2.24, 2.45) is 0 Å². The zero-order valence-electron chi connectivity index (χ0n) is 20.6. The highest BCUT2D eigenvalue weighted by Gasteiger charge is 2.42. The highest BCUT2D eigenvalue weighted by atomic mass is 16.6. The smallest absolute Gasteiger partial charge is 0.410 e. The second-order valence-corrected chi connectivity index (χ2v) is 9.90. The van der Waals surface area contributed by atoms with E-state index < -0.39 is 29.7 Å². The molecule has 0 bridgehead atoms. The van der Waals surface area contributed by atoms with E-state index in [1.54, 1.807) is 20.8 Å². The highest BCUT2D eigenvalue weighted by Crippen LogP contribution is 2.44. The first kappa shape index (κ1) is 24.7. The van der Waals surface area contributed by atoms with Crippen LogP contribution in [0.25, 0.3) is 11.1 Å². The average Bonchev–Trinajstić information content (AvgIpc) is 3.39. The summed E-state index contributed by atoms with van der Waals surface area (Å²) in [6.45, 7) is 5.76. The molecule has 0 saturated carbocycles. The summed E-state index contributed by atoms with van der Waals surface area (Å²) < 4.78 is 16.0. The van der Waals surface area contributed by atoms with E-state index in [0.29, 0.717) is 6.42 Å². The van der Waals surface area contributed by atoms with E-state index in [0.717, 1.165) is 22.3 Å². The van der Waals surface area contributed by atoms with E-state index in [4.69, 9.17) is 14.2 Å². The number of nitrogens with zero attached hydrogens (tertiary/aromatic N) is 1. The van der Waals surface area contributed by atoms with Crippen LogP contribution in [0.5, 0.6) is 0 Å². The van der Waals surface area contributed by atoms with Crippen LogP contribution in [-0.2, 0) is 23.8 Å². The number of ether oxygens (including phenoxy) is 3. The monoisotopic (exact) mass is 480 g/mol. The number of likely N-dealkylation sites (tertiary alicyclic amines) is 1. The Morgan fingerprint density at radius 3 is 2.17 bits per heavy atom. The van der Waals surface area contributed by atoms with Gasteiger partial charge < -0.3 is 19.5 Å². The van der Waals surface area contributed by atoms with Gasteiger partial charge >= 0.3 is 18.0 Å². The topological polar surface area (TPSA) is 94.2 Å². The van der Waals surface area contributed by atoms with Gasteiger partial charge in [0.15, 0.2) is 0 Å². The van der Waals surface area contributed by atoms with Crippen LogP contribution in [0.1, 0.15) is 44.2 Å². The van der Waals surface area contributed by atoms with E-state index in [-0.39, 0.29) is 31.7 Å². The Labute approximate surface area is 205 Å². The maximum Gasteiger partial charge on any atom is 0.410 e. The third-order valence-electron chi connectivity index (χ3n) is 6.30. The predicted molar refractivity (Wildman–Crippen MR) is 130 cm³/mol. The molecule has 1 fully saturated rings. The maximum atomic E-state index is 13.1. The Balaban J connectivity index is 1.41. The van der Waals surface area contributed by atoms with Gasteiger partial charge in [0.25, 0.3) is 0 Å². The van der Waals surface area contributed by atoms with Crippen molar-refractivity contribution in [1.29, 1.82) is 0 Å². The molecule has 0 spiro atoms. The van der Waals surface area contributed by atoms with E-state index >= 15 is 0 Å². The predicted octanol–water partition coefficient (Wildman–Crippen LogP) is 3.48. The van der Waals surface area contributed by atoms with Gasteiger partial charge in [-0.2, -0.15) is 0 Å². The van der Waals surface area contributed by atoms with Gasteiger partial charge in [0.2, 0.25) is 0 Å². The van der Waals surface area contributed by atoms with Crippen molar-refractivity contribution < 1.29 is 28.6 Å². The number of methoxy groups -OCH3 is 1. The molecule has 0 aromatic heterocycles. The molecule has 186 valence electrons. The largest absolute Gasteiger partial charge is 0.467 e. The average molecular weight is 481 g/mol. The third kappa shape index (κ3) is 5.48. The first-order valence-electron chi connectivity index (χ1n) is 11.8. The summed E-state index contributed by atoms with van der Waals surface area (Å²) in [6, 6.07) is 15.2. The molecular formula is C27H32N2O6. The van der Waals surface area contributed by atoms with Gasteiger partial charge in [-0.05, 0) is 49.4 Å². The molecule has 1 heterocycles. The number of carbonyl (C=O) groups is 3. The minimum absolute atomic E-state index is 0.0195. The van der Waals surface area contributed by atoms with Crippen molar-refractivity contribution in [3.05, 3.63) is 59.7 Å². The number of hydrogen-bond donors (Lipinski definition) is 1. The van der Waals surface area contributed by atoms with Gasteiger partial charge in [-0.1, -0.05) is 48.5 Å². The summed E-state index contributed by atoms with van der Waals surface area (Å²) in [5.74, 6) is -0.988. The Morgan fingerprint density at radius 2 is 1.60 bits per heavy atom. The quantitative estimate of drug-likeness (QED) is 0.500. The summed E-state index contributed by atoms with van der Waals surface area (Å²) in [5.41, 5.74) is 3.93. The van der Waals surface area contributed by atoms with Crippen LogP contribution in [0.3, 0.4) is 0 Å². The number of fused-ring (bicyclic) bond motifs is 3. The minimum atomic E-state index is -0.785. The molecule has 8 nitrogen and oxygen atoms in total. The summed E-state index contributed by atoms with van der Waals surface area (Å²) in [7, 11) is 1.29. The number of nitrogens with one attached hydrogen (secondary N) is 1. The number of hydrogen-bond acceptors (Lipinski definition) is 7. The van der Waals surface area contributed by atoms with Crippen LogP contribution in [0.15, 0.2) is 48.5 Å². The molecule has 1 aliphatic carbocycles. The Kier molecular flexibility index (Phi) is 7.12. The molecule has 2 aliphatic rings. The fraction of sp³-hybridized carbons (Fsp3) is 0.444. The summed E-state index contributed by atoms with van der Waals surface area (Å²) in [4.78, 5) is 39.0. The van der Waals surface area contributed by atoms with E-state index in [1.807, 2.05) is 24.3 Å². The van der Waals surface area contributed by atoms with Crippen molar-refractivity contribution in [3.8, 4) is 11.1 Å². The minimum Gasteiger partial charge on any atom is -0.467 e. The van der Waals surface area contributed by atoms with Gasteiger partial charge in [-0.15, -0.1) is 0 Å². The number of benzene rings is 2. The normalized spacial score (nSPS) is 19.1. The van der Waals surface area contributed by atoms with Crippen LogP contribution >= 0.6 is 0 Å². The first-order chi connectivity index (χ1) is 16.7. The van der Waals surface area contributed by atoms with E-state index in [2.05, 4.69) is 29.6 Å². The zero-order chi connectivity index (χ0) is 25.2. The second kappa shape index (κ2) is 10.1. The Hall–Kier alpha value is -3.39. The van der Waals surface area contributed by atoms with Crippen LogP contribution in [0.4, 0.5) is 4.79 Å². The standard InChI is InChI=1S/C27H32N2O6/c1-27(2,3)35-24(30)14-28-17-13-23(25(31)33-4)29(15-17)26(32)34-16-22-20-11-7-5-9-18(20)19-10-6-8-12-21(19)22/h5-12,17,22-23,28H,13-16H2,1-4H3/t17-,23-/m0/s1. The fourth-order valence-electron chi connectivity index (χ4n) is 4.83. The Bertz CT molecular complexity index is 1060. The van der Waals surface area contributed by atoms with E-state index in [9.17, 15) is 14.4 Å². The SMILES string of the molecule is COC(=O)[C@@H]1C[C@H](NCC(=O)OC(C)(C)C)CN1C(=O)OCC1c2ccccc2-c2ccccc21. The molecule has 8 heteroatoms. The third-order valence-corrected chi connectivity index (χ3v) is 6.30.